The Bertz CT molecular complexity index is 1270. The third-order valence-electron chi connectivity index (χ3n) is 5.41. The van der Waals surface area contributed by atoms with Crippen LogP contribution in [-0.4, -0.2) is 32.4 Å². The van der Waals surface area contributed by atoms with Gasteiger partial charge in [-0.05, 0) is 49.2 Å². The monoisotopic (exact) mass is 415 g/mol. The number of rotatable bonds is 4. The van der Waals surface area contributed by atoms with Crippen molar-refractivity contribution in [3.8, 4) is 11.4 Å². The molecular formula is C23H21N5OS. The Morgan fingerprint density at radius 1 is 1.13 bits per heavy atom. The van der Waals surface area contributed by atoms with Crippen molar-refractivity contribution in [2.75, 3.05) is 0 Å². The van der Waals surface area contributed by atoms with Crippen LogP contribution in [0.15, 0.2) is 63.6 Å². The third-order valence-corrected chi connectivity index (χ3v) is 6.21. The maximum atomic E-state index is 5.15. The number of aliphatic imine (C=N–C) groups is 1. The first kappa shape index (κ1) is 18.7. The van der Waals surface area contributed by atoms with Gasteiger partial charge in [-0.1, -0.05) is 29.4 Å². The van der Waals surface area contributed by atoms with E-state index in [0.29, 0.717) is 11.7 Å². The molecule has 2 aromatic carbocycles. The predicted octanol–water partition coefficient (Wildman–Crippen LogP) is 5.49. The van der Waals surface area contributed by atoms with E-state index in [-0.39, 0.29) is 12.2 Å². The zero-order valence-corrected chi connectivity index (χ0v) is 17.8. The smallest absolute Gasteiger partial charge is 0.223 e. The van der Waals surface area contributed by atoms with Gasteiger partial charge in [0.25, 0.3) is 0 Å². The molecule has 7 heteroatoms. The van der Waals surface area contributed by atoms with Crippen molar-refractivity contribution in [2.45, 2.75) is 33.0 Å². The molecule has 2 aromatic heterocycles. The normalized spacial score (nSPS) is 17.4. The second-order valence-corrected chi connectivity index (χ2v) is 8.25. The van der Waals surface area contributed by atoms with Gasteiger partial charge in [-0.25, -0.2) is 4.98 Å². The Balaban J connectivity index is 1.52. The van der Waals surface area contributed by atoms with Crippen LogP contribution < -0.4 is 0 Å². The molecule has 0 N–H and O–H groups in total. The quantitative estimate of drug-likeness (QED) is 0.441. The average molecular weight is 416 g/mol. The molecule has 0 saturated heterocycles. The van der Waals surface area contributed by atoms with Crippen molar-refractivity contribution in [1.29, 1.82) is 0 Å². The van der Waals surface area contributed by atoms with Crippen LogP contribution in [0, 0.1) is 6.92 Å². The fourth-order valence-electron chi connectivity index (χ4n) is 3.90. The number of thiazole rings is 1. The summed E-state index contributed by atoms with van der Waals surface area (Å²) in [4.78, 5) is 15.8. The van der Waals surface area contributed by atoms with Crippen molar-refractivity contribution >= 4 is 33.5 Å². The van der Waals surface area contributed by atoms with Crippen LogP contribution >= 0.6 is 11.3 Å². The molecule has 30 heavy (non-hydrogen) atoms. The van der Waals surface area contributed by atoms with Crippen LogP contribution in [-0.2, 0) is 0 Å². The molecule has 5 rings (SSSR count). The Kier molecular flexibility index (Phi) is 4.67. The highest BCUT2D eigenvalue weighted by molar-refractivity contribution is 7.16. The van der Waals surface area contributed by atoms with Crippen molar-refractivity contribution in [3.63, 3.8) is 0 Å². The van der Waals surface area contributed by atoms with Gasteiger partial charge in [-0.2, -0.15) is 4.98 Å². The highest BCUT2D eigenvalue weighted by atomic mass is 32.1. The predicted molar refractivity (Wildman–Crippen MR) is 120 cm³/mol. The summed E-state index contributed by atoms with van der Waals surface area (Å²) in [6, 6.07) is 14.8. The van der Waals surface area contributed by atoms with Gasteiger partial charge in [0.1, 0.15) is 6.17 Å². The van der Waals surface area contributed by atoms with Gasteiger partial charge < -0.3 is 9.42 Å². The van der Waals surface area contributed by atoms with E-state index in [1.807, 2.05) is 23.9 Å². The summed E-state index contributed by atoms with van der Waals surface area (Å²) in [5.41, 5.74) is 7.36. The second-order valence-electron chi connectivity index (χ2n) is 7.36. The Morgan fingerprint density at radius 3 is 2.87 bits per heavy atom. The molecule has 0 radical (unpaired) electrons. The molecular weight excluding hydrogens is 394 g/mol. The number of hydrogen-bond acceptors (Lipinski definition) is 7. The summed E-state index contributed by atoms with van der Waals surface area (Å²) in [5, 5.41) is 4.06. The molecule has 3 heterocycles. The molecule has 0 fully saturated rings. The standard InChI is InChI=1S/C23H21N5OS/c1-14(17-5-4-6-19(11-17)23-26-16(3)29-27-23)28-15(2)24-10-9-21(28)18-7-8-20-22(12-18)30-13-25-20/h4-15H,1-3H3. The molecule has 0 aliphatic carbocycles. The first-order valence-electron chi connectivity index (χ1n) is 9.86. The molecule has 1 aliphatic rings. The zero-order valence-electron chi connectivity index (χ0n) is 17.0. The summed E-state index contributed by atoms with van der Waals surface area (Å²) >= 11 is 1.66. The Hall–Kier alpha value is -3.32. The van der Waals surface area contributed by atoms with Gasteiger partial charge in [0.15, 0.2) is 0 Å². The fourth-order valence-corrected chi connectivity index (χ4v) is 4.62. The SMILES string of the molecule is Cc1nc(-c2cccc(C(C)N3C(c4ccc5ncsc5c4)=CC=NC3C)c2)no1. The molecule has 1 aliphatic heterocycles. The van der Waals surface area contributed by atoms with E-state index in [0.717, 1.165) is 16.8 Å². The number of aromatic nitrogens is 3. The van der Waals surface area contributed by atoms with Crippen molar-refractivity contribution in [1.82, 2.24) is 20.0 Å². The van der Waals surface area contributed by atoms with Crippen molar-refractivity contribution in [3.05, 3.63) is 71.1 Å². The summed E-state index contributed by atoms with van der Waals surface area (Å²) in [6.45, 7) is 6.13. The molecule has 2 atom stereocenters. The summed E-state index contributed by atoms with van der Waals surface area (Å²) in [7, 11) is 0. The minimum absolute atomic E-state index is 0.0215. The first-order valence-corrected chi connectivity index (χ1v) is 10.7. The number of hydrogen-bond donors (Lipinski definition) is 0. The fraction of sp³-hybridized carbons (Fsp3) is 0.217. The average Bonchev–Trinajstić information content (AvgIpc) is 3.41. The minimum atomic E-state index is 0.0215. The van der Waals surface area contributed by atoms with Gasteiger partial charge in [-0.15, -0.1) is 11.3 Å². The molecule has 0 saturated carbocycles. The number of aryl methyl sites for hydroxylation is 1. The molecule has 0 amide bonds. The van der Waals surface area contributed by atoms with Gasteiger partial charge in [0.2, 0.25) is 11.7 Å². The van der Waals surface area contributed by atoms with Crippen LogP contribution in [0.2, 0.25) is 0 Å². The lowest BCUT2D eigenvalue weighted by molar-refractivity contribution is 0.252. The number of allylic oxidation sites excluding steroid dienone is 1. The molecule has 150 valence electrons. The molecule has 2 unspecified atom stereocenters. The number of nitrogens with zero attached hydrogens (tertiary/aromatic N) is 5. The van der Waals surface area contributed by atoms with Crippen molar-refractivity contribution < 1.29 is 4.52 Å². The van der Waals surface area contributed by atoms with Crippen LogP contribution in [0.1, 0.15) is 36.9 Å². The summed E-state index contributed by atoms with van der Waals surface area (Å²) in [6.07, 6.45) is 4.01. The number of benzene rings is 2. The van der Waals surface area contributed by atoms with Gasteiger partial charge >= 0.3 is 0 Å². The number of fused-ring (bicyclic) bond motifs is 1. The van der Waals surface area contributed by atoms with E-state index in [2.05, 4.69) is 75.3 Å². The van der Waals surface area contributed by atoms with E-state index < -0.39 is 0 Å². The molecule has 0 spiro atoms. The topological polar surface area (TPSA) is 67.4 Å². The van der Waals surface area contributed by atoms with E-state index in [1.54, 1.807) is 18.3 Å². The molecule has 0 bridgehead atoms. The van der Waals surface area contributed by atoms with E-state index in [1.165, 1.54) is 15.8 Å². The van der Waals surface area contributed by atoms with Crippen LogP contribution in [0.4, 0.5) is 0 Å². The largest absolute Gasteiger partial charge is 0.343 e. The third kappa shape index (κ3) is 3.31. The zero-order chi connectivity index (χ0) is 20.7. The van der Waals surface area contributed by atoms with Crippen molar-refractivity contribution in [2.24, 2.45) is 4.99 Å². The van der Waals surface area contributed by atoms with Crippen LogP contribution in [0.25, 0.3) is 27.3 Å². The first-order chi connectivity index (χ1) is 14.6. The maximum Gasteiger partial charge on any atom is 0.223 e. The van der Waals surface area contributed by atoms with Crippen LogP contribution in [0.5, 0.6) is 0 Å². The van der Waals surface area contributed by atoms with E-state index >= 15 is 0 Å². The Labute approximate surface area is 178 Å². The summed E-state index contributed by atoms with van der Waals surface area (Å²) in [5.74, 6) is 1.17. The Morgan fingerprint density at radius 2 is 2.03 bits per heavy atom. The molecule has 4 aromatic rings. The molecule has 6 nitrogen and oxygen atoms in total. The summed E-state index contributed by atoms with van der Waals surface area (Å²) < 4.78 is 6.34. The van der Waals surface area contributed by atoms with Gasteiger partial charge in [0, 0.05) is 24.4 Å². The lowest BCUT2D eigenvalue weighted by Crippen LogP contribution is -2.34. The van der Waals surface area contributed by atoms with E-state index in [9.17, 15) is 0 Å². The minimum Gasteiger partial charge on any atom is -0.343 e. The lowest BCUT2D eigenvalue weighted by Gasteiger charge is -2.38. The van der Waals surface area contributed by atoms with Crippen LogP contribution in [0.3, 0.4) is 0 Å². The van der Waals surface area contributed by atoms with Gasteiger partial charge in [0.05, 0.1) is 21.8 Å². The highest BCUT2D eigenvalue weighted by Gasteiger charge is 2.26. The second kappa shape index (κ2) is 7.50. The lowest BCUT2D eigenvalue weighted by atomic mass is 10.00. The maximum absolute atomic E-state index is 5.15. The van der Waals surface area contributed by atoms with E-state index in [4.69, 9.17) is 4.52 Å². The van der Waals surface area contributed by atoms with Gasteiger partial charge in [-0.3, -0.25) is 4.99 Å². The highest BCUT2D eigenvalue weighted by Crippen LogP contribution is 2.36.